The summed E-state index contributed by atoms with van der Waals surface area (Å²) in [4.78, 5) is 0.911. The number of rotatable bonds is 4. The Morgan fingerprint density at radius 2 is 2.22 bits per heavy atom. The second-order valence-electron chi connectivity index (χ2n) is 4.99. The van der Waals surface area contributed by atoms with E-state index in [0.717, 1.165) is 17.7 Å². The minimum absolute atomic E-state index is 0.137. The van der Waals surface area contributed by atoms with Gasteiger partial charge in [-0.15, -0.1) is 11.3 Å². The molecule has 2 rings (SSSR count). The first kappa shape index (κ1) is 14.0. The summed E-state index contributed by atoms with van der Waals surface area (Å²) in [6.07, 6.45) is 1.92. The Bertz CT molecular complexity index is 508. The molecule has 0 amide bonds. The summed E-state index contributed by atoms with van der Waals surface area (Å²) in [5, 5.41) is 0. The smallest absolute Gasteiger partial charge is 0.252 e. The highest BCUT2D eigenvalue weighted by Gasteiger charge is 2.37. The molecular formula is C12H20N2O2S2. The van der Waals surface area contributed by atoms with Crippen LogP contribution in [0.5, 0.6) is 0 Å². The van der Waals surface area contributed by atoms with Crippen molar-refractivity contribution < 1.29 is 8.42 Å². The van der Waals surface area contributed by atoms with E-state index in [1.54, 1.807) is 16.4 Å². The molecule has 1 aromatic rings. The molecule has 1 saturated heterocycles. The Balaban J connectivity index is 2.30. The predicted molar refractivity (Wildman–Crippen MR) is 74.0 cm³/mol. The third-order valence-corrected chi connectivity index (χ3v) is 6.92. The molecule has 1 aliphatic rings. The first-order valence-corrected chi connectivity index (χ1v) is 8.53. The van der Waals surface area contributed by atoms with Gasteiger partial charge in [-0.25, -0.2) is 8.42 Å². The van der Waals surface area contributed by atoms with Crippen LogP contribution in [0.25, 0.3) is 0 Å². The van der Waals surface area contributed by atoms with Crippen LogP contribution in [0.3, 0.4) is 0 Å². The molecule has 2 heterocycles. The van der Waals surface area contributed by atoms with Crippen LogP contribution >= 0.6 is 11.3 Å². The van der Waals surface area contributed by atoms with E-state index in [2.05, 4.69) is 13.8 Å². The van der Waals surface area contributed by atoms with Crippen molar-refractivity contribution in [3.05, 3.63) is 17.0 Å². The third-order valence-electron chi connectivity index (χ3n) is 3.42. The van der Waals surface area contributed by atoms with Crippen LogP contribution in [0.15, 0.2) is 16.3 Å². The average Bonchev–Trinajstić information content (AvgIpc) is 2.98. The second-order valence-corrected chi connectivity index (χ2v) is 8.28. The molecule has 1 aliphatic heterocycles. The van der Waals surface area contributed by atoms with Gasteiger partial charge < -0.3 is 5.73 Å². The van der Waals surface area contributed by atoms with E-state index in [9.17, 15) is 8.42 Å². The van der Waals surface area contributed by atoms with Crippen molar-refractivity contribution in [2.75, 3.05) is 6.54 Å². The van der Waals surface area contributed by atoms with Gasteiger partial charge in [0.25, 0.3) is 10.0 Å². The van der Waals surface area contributed by atoms with E-state index < -0.39 is 10.0 Å². The average molecular weight is 288 g/mol. The van der Waals surface area contributed by atoms with Crippen molar-refractivity contribution in [3.63, 3.8) is 0 Å². The van der Waals surface area contributed by atoms with Crippen molar-refractivity contribution in [3.8, 4) is 0 Å². The molecule has 4 nitrogen and oxygen atoms in total. The maximum Gasteiger partial charge on any atom is 0.252 e. The predicted octanol–water partition coefficient (Wildman–Crippen LogP) is 2.02. The Morgan fingerprint density at radius 3 is 2.78 bits per heavy atom. The van der Waals surface area contributed by atoms with E-state index in [1.165, 1.54) is 11.3 Å². The van der Waals surface area contributed by atoms with Crippen LogP contribution in [0.4, 0.5) is 0 Å². The van der Waals surface area contributed by atoms with Gasteiger partial charge in [0.1, 0.15) is 4.21 Å². The minimum Gasteiger partial charge on any atom is -0.326 e. The molecule has 18 heavy (non-hydrogen) atoms. The number of nitrogens with zero attached hydrogens (tertiary/aromatic N) is 1. The number of thiophene rings is 1. The topological polar surface area (TPSA) is 63.4 Å². The molecule has 102 valence electrons. The Hall–Kier alpha value is -0.430. The first-order valence-electron chi connectivity index (χ1n) is 6.27. The van der Waals surface area contributed by atoms with Gasteiger partial charge in [-0.2, -0.15) is 4.31 Å². The van der Waals surface area contributed by atoms with E-state index in [4.69, 9.17) is 5.73 Å². The highest BCUT2D eigenvalue weighted by Crippen LogP contribution is 2.32. The highest BCUT2D eigenvalue weighted by molar-refractivity contribution is 7.91. The molecule has 0 bridgehead atoms. The summed E-state index contributed by atoms with van der Waals surface area (Å²) in [5.74, 6) is 0.358. The maximum atomic E-state index is 12.6. The second kappa shape index (κ2) is 5.28. The normalized spacial score (nSPS) is 21.9. The third kappa shape index (κ3) is 2.47. The number of nitrogens with two attached hydrogens (primary N) is 1. The van der Waals surface area contributed by atoms with E-state index in [0.29, 0.717) is 23.2 Å². The van der Waals surface area contributed by atoms with Gasteiger partial charge in [-0.1, -0.05) is 13.8 Å². The lowest BCUT2D eigenvalue weighted by atomic mass is 10.0. The van der Waals surface area contributed by atoms with Crippen LogP contribution in [-0.2, 0) is 16.6 Å². The summed E-state index contributed by atoms with van der Waals surface area (Å²) in [7, 11) is -3.33. The van der Waals surface area contributed by atoms with Gasteiger partial charge in [0, 0.05) is 24.0 Å². The van der Waals surface area contributed by atoms with E-state index in [1.807, 2.05) is 0 Å². The standard InChI is InChI=1S/C12H20N2O2S2/c1-9(2)11-4-3-7-14(11)18(15,16)12-6-5-10(8-13)17-12/h5-6,9,11H,3-4,7-8,13H2,1-2H3. The van der Waals surface area contributed by atoms with E-state index >= 15 is 0 Å². The quantitative estimate of drug-likeness (QED) is 0.922. The Labute approximate surface area is 113 Å². The minimum atomic E-state index is -3.33. The molecule has 1 aromatic heterocycles. The first-order chi connectivity index (χ1) is 8.46. The van der Waals surface area contributed by atoms with Crippen molar-refractivity contribution >= 4 is 21.4 Å². The summed E-state index contributed by atoms with van der Waals surface area (Å²) in [6.45, 7) is 5.20. The molecule has 1 unspecified atom stereocenters. The van der Waals surface area contributed by atoms with Gasteiger partial charge >= 0.3 is 0 Å². The van der Waals surface area contributed by atoms with Gasteiger partial charge in [0.15, 0.2) is 0 Å². The molecule has 0 saturated carbocycles. The van der Waals surface area contributed by atoms with E-state index in [-0.39, 0.29) is 6.04 Å². The monoisotopic (exact) mass is 288 g/mol. The molecule has 0 aliphatic carbocycles. The number of sulfonamides is 1. The maximum absolute atomic E-state index is 12.6. The molecule has 6 heteroatoms. The van der Waals surface area contributed by atoms with Crippen LogP contribution in [-0.4, -0.2) is 25.3 Å². The molecule has 2 N–H and O–H groups in total. The van der Waals surface area contributed by atoms with Crippen molar-refractivity contribution in [2.45, 2.75) is 43.5 Å². The summed E-state index contributed by atoms with van der Waals surface area (Å²) >= 11 is 1.29. The lowest BCUT2D eigenvalue weighted by Crippen LogP contribution is -2.38. The zero-order valence-electron chi connectivity index (χ0n) is 10.8. The summed E-state index contributed by atoms with van der Waals surface area (Å²) in [5.41, 5.74) is 5.54. The van der Waals surface area contributed by atoms with Crippen molar-refractivity contribution in [2.24, 2.45) is 11.7 Å². The lowest BCUT2D eigenvalue weighted by Gasteiger charge is -2.26. The molecular weight excluding hydrogens is 268 g/mol. The fourth-order valence-corrected chi connectivity index (χ4v) is 5.64. The van der Waals surface area contributed by atoms with Crippen LogP contribution in [0.2, 0.25) is 0 Å². The number of hydrogen-bond acceptors (Lipinski definition) is 4. The van der Waals surface area contributed by atoms with Crippen LogP contribution in [0, 0.1) is 5.92 Å². The fraction of sp³-hybridized carbons (Fsp3) is 0.667. The van der Waals surface area contributed by atoms with Crippen LogP contribution in [0.1, 0.15) is 31.6 Å². The zero-order valence-corrected chi connectivity index (χ0v) is 12.4. The molecule has 0 spiro atoms. The summed E-state index contributed by atoms with van der Waals surface area (Å²) in [6, 6.07) is 3.62. The molecule has 0 aromatic carbocycles. The zero-order chi connectivity index (χ0) is 13.3. The van der Waals surface area contributed by atoms with Gasteiger partial charge in [-0.3, -0.25) is 0 Å². The van der Waals surface area contributed by atoms with Crippen molar-refractivity contribution in [1.29, 1.82) is 0 Å². The Kier molecular flexibility index (Phi) is 4.11. The summed E-state index contributed by atoms with van der Waals surface area (Å²) < 4.78 is 27.2. The van der Waals surface area contributed by atoms with Crippen LogP contribution < -0.4 is 5.73 Å². The lowest BCUT2D eigenvalue weighted by molar-refractivity contribution is 0.316. The van der Waals surface area contributed by atoms with Gasteiger partial charge in [0.05, 0.1) is 0 Å². The fourth-order valence-electron chi connectivity index (χ4n) is 2.45. The molecule has 1 fully saturated rings. The van der Waals surface area contributed by atoms with Gasteiger partial charge in [0.2, 0.25) is 0 Å². The van der Waals surface area contributed by atoms with Gasteiger partial charge in [-0.05, 0) is 30.9 Å². The SMILES string of the molecule is CC(C)C1CCCN1S(=O)(=O)c1ccc(CN)s1. The molecule has 0 radical (unpaired) electrons. The highest BCUT2D eigenvalue weighted by atomic mass is 32.2. The molecule has 1 atom stereocenters. The number of hydrogen-bond donors (Lipinski definition) is 1. The van der Waals surface area contributed by atoms with Crippen molar-refractivity contribution in [1.82, 2.24) is 4.31 Å². The Morgan fingerprint density at radius 1 is 1.50 bits per heavy atom. The largest absolute Gasteiger partial charge is 0.326 e.